The number of alkyl halides is 3. The van der Waals surface area contributed by atoms with Gasteiger partial charge in [-0.25, -0.2) is 4.79 Å². The molecule has 0 saturated carbocycles. The maximum absolute atomic E-state index is 12.2. The van der Waals surface area contributed by atoms with Crippen molar-refractivity contribution in [3.05, 3.63) is 0 Å². The van der Waals surface area contributed by atoms with Gasteiger partial charge in [-0.3, -0.25) is 4.99 Å². The lowest BCUT2D eigenvalue weighted by atomic mass is 10.0. The van der Waals surface area contributed by atoms with E-state index in [2.05, 4.69) is 15.6 Å². The summed E-state index contributed by atoms with van der Waals surface area (Å²) in [7, 11) is 3.49. The molecule has 0 radical (unpaired) electrons. The Balaban J connectivity index is 4.42. The van der Waals surface area contributed by atoms with Gasteiger partial charge in [-0.2, -0.15) is 13.2 Å². The number of unbranched alkanes of at least 4 members (excludes halogenated alkanes) is 1. The highest BCUT2D eigenvalue weighted by Crippen LogP contribution is 2.21. The molecule has 2 N–H and O–H groups in total. The van der Waals surface area contributed by atoms with E-state index in [-0.39, 0.29) is 18.4 Å². The summed E-state index contributed by atoms with van der Waals surface area (Å²) >= 11 is 0. The van der Waals surface area contributed by atoms with E-state index >= 15 is 0 Å². The number of carbonyl (C=O) groups is 1. The van der Waals surface area contributed by atoms with Gasteiger partial charge in [0.1, 0.15) is 5.60 Å². The second kappa shape index (κ2) is 12.0. The normalized spacial score (nSPS) is 14.0. The number of ether oxygens (including phenoxy) is 1. The van der Waals surface area contributed by atoms with E-state index in [1.54, 1.807) is 7.05 Å². The molecule has 0 aliphatic rings. The molecule has 0 fully saturated rings. The fourth-order valence-corrected chi connectivity index (χ4v) is 2.51. The van der Waals surface area contributed by atoms with Crippen LogP contribution < -0.4 is 10.6 Å². The molecule has 1 unspecified atom stereocenters. The van der Waals surface area contributed by atoms with E-state index in [1.807, 2.05) is 46.6 Å². The van der Waals surface area contributed by atoms with Gasteiger partial charge < -0.3 is 20.3 Å². The summed E-state index contributed by atoms with van der Waals surface area (Å²) in [6, 6.07) is -0.0674. The molecular formula is C19H37F3N4O2. The third-order valence-corrected chi connectivity index (χ3v) is 4.03. The minimum Gasteiger partial charge on any atom is -0.444 e. The van der Waals surface area contributed by atoms with Crippen molar-refractivity contribution >= 4 is 12.1 Å². The van der Waals surface area contributed by atoms with Crippen LogP contribution in [0.4, 0.5) is 18.0 Å². The second-order valence-corrected chi connectivity index (χ2v) is 8.25. The molecule has 1 atom stereocenters. The number of alkyl carbamates (subject to hydrolysis) is 1. The number of guanidine groups is 1. The molecule has 0 aliphatic heterocycles. The lowest BCUT2D eigenvalue weighted by molar-refractivity contribution is -0.135. The van der Waals surface area contributed by atoms with E-state index in [9.17, 15) is 18.0 Å². The number of nitrogens with zero attached hydrogens (tertiary/aromatic N) is 2. The number of carbonyl (C=O) groups excluding carboxylic acids is 1. The average molecular weight is 411 g/mol. The van der Waals surface area contributed by atoms with Crippen LogP contribution in [0.5, 0.6) is 0 Å². The number of hydrogen-bond acceptors (Lipinski definition) is 3. The molecular weight excluding hydrogens is 373 g/mol. The number of nitrogens with one attached hydrogen (secondary N) is 2. The van der Waals surface area contributed by atoms with Crippen LogP contribution in [-0.2, 0) is 4.74 Å². The smallest absolute Gasteiger partial charge is 0.407 e. The van der Waals surface area contributed by atoms with Crippen molar-refractivity contribution in [2.75, 3.05) is 27.2 Å². The van der Waals surface area contributed by atoms with E-state index in [1.165, 1.54) is 0 Å². The number of halogens is 3. The van der Waals surface area contributed by atoms with Crippen LogP contribution in [-0.4, -0.2) is 62.0 Å². The van der Waals surface area contributed by atoms with Crippen LogP contribution in [0.3, 0.4) is 0 Å². The summed E-state index contributed by atoms with van der Waals surface area (Å²) in [5.74, 6) is 0.838. The Bertz CT molecular complexity index is 489. The Kier molecular flexibility index (Phi) is 11.3. The summed E-state index contributed by atoms with van der Waals surface area (Å²) in [5.41, 5.74) is -0.555. The summed E-state index contributed by atoms with van der Waals surface area (Å²) in [4.78, 5) is 18.1. The van der Waals surface area contributed by atoms with Crippen molar-refractivity contribution in [1.29, 1.82) is 0 Å². The molecule has 166 valence electrons. The van der Waals surface area contributed by atoms with Crippen molar-refractivity contribution in [3.8, 4) is 0 Å². The first kappa shape index (κ1) is 26.3. The van der Waals surface area contributed by atoms with Gasteiger partial charge in [0, 0.05) is 39.6 Å². The predicted octanol–water partition coefficient (Wildman–Crippen LogP) is 4.17. The van der Waals surface area contributed by atoms with E-state index in [4.69, 9.17) is 4.74 Å². The number of aliphatic imine (C=N–C) groups is 1. The largest absolute Gasteiger partial charge is 0.444 e. The minimum absolute atomic E-state index is 0.0674. The van der Waals surface area contributed by atoms with Crippen molar-refractivity contribution in [1.82, 2.24) is 15.5 Å². The van der Waals surface area contributed by atoms with E-state index in [0.717, 1.165) is 0 Å². The topological polar surface area (TPSA) is 66.0 Å². The van der Waals surface area contributed by atoms with E-state index in [0.29, 0.717) is 31.9 Å². The summed E-state index contributed by atoms with van der Waals surface area (Å²) in [6.45, 7) is 10.5. The molecule has 0 aromatic heterocycles. The van der Waals surface area contributed by atoms with Crippen LogP contribution in [0.2, 0.25) is 0 Å². The monoisotopic (exact) mass is 410 g/mol. The Morgan fingerprint density at radius 1 is 1.18 bits per heavy atom. The number of hydrogen-bond donors (Lipinski definition) is 2. The standard InChI is InChI=1S/C19H37F3N4O2/c1-14(2)15(25-17(27)28-18(3,4)5)10-13-26(7)16(23-6)24-12-9-8-11-19(20,21)22/h14-15H,8-13H2,1-7H3,(H,23,24)(H,25,27). The first-order chi connectivity index (χ1) is 12.7. The van der Waals surface area contributed by atoms with Crippen LogP contribution in [0.1, 0.15) is 60.3 Å². The predicted molar refractivity (Wildman–Crippen MR) is 107 cm³/mol. The zero-order valence-corrected chi connectivity index (χ0v) is 18.2. The van der Waals surface area contributed by atoms with Gasteiger partial charge in [0.2, 0.25) is 0 Å². The summed E-state index contributed by atoms with van der Waals surface area (Å²) in [6.07, 6.45) is -4.13. The molecule has 0 aromatic carbocycles. The molecule has 1 amide bonds. The number of rotatable bonds is 9. The molecule has 0 saturated heterocycles. The molecule has 0 aliphatic carbocycles. The maximum atomic E-state index is 12.2. The Morgan fingerprint density at radius 2 is 1.79 bits per heavy atom. The van der Waals surface area contributed by atoms with Crippen molar-refractivity contribution in [3.63, 3.8) is 0 Å². The highest BCUT2D eigenvalue weighted by Gasteiger charge is 2.26. The zero-order valence-electron chi connectivity index (χ0n) is 18.2. The van der Waals surface area contributed by atoms with Gasteiger partial charge in [-0.15, -0.1) is 0 Å². The Labute approximate surface area is 167 Å². The fourth-order valence-electron chi connectivity index (χ4n) is 2.51. The van der Waals surface area contributed by atoms with Gasteiger partial charge in [0.25, 0.3) is 0 Å². The maximum Gasteiger partial charge on any atom is 0.407 e. The average Bonchev–Trinajstić information content (AvgIpc) is 2.51. The molecule has 0 rings (SSSR count). The molecule has 0 heterocycles. The quantitative estimate of drug-likeness (QED) is 0.340. The van der Waals surface area contributed by atoms with Gasteiger partial charge >= 0.3 is 12.3 Å². The van der Waals surface area contributed by atoms with Crippen molar-refractivity contribution in [2.45, 2.75) is 78.1 Å². The molecule has 9 heteroatoms. The Morgan fingerprint density at radius 3 is 2.25 bits per heavy atom. The molecule has 0 aromatic rings. The SMILES string of the molecule is CN=C(NCCCCC(F)(F)F)N(C)CCC(NC(=O)OC(C)(C)C)C(C)C. The molecule has 0 bridgehead atoms. The highest BCUT2D eigenvalue weighted by molar-refractivity contribution is 5.79. The lowest BCUT2D eigenvalue weighted by Gasteiger charge is -2.28. The number of amides is 1. The highest BCUT2D eigenvalue weighted by atomic mass is 19.4. The van der Waals surface area contributed by atoms with Crippen LogP contribution in [0.15, 0.2) is 4.99 Å². The first-order valence-electron chi connectivity index (χ1n) is 9.73. The van der Waals surface area contributed by atoms with Crippen LogP contribution in [0, 0.1) is 5.92 Å². The van der Waals surface area contributed by atoms with Crippen molar-refractivity contribution < 1.29 is 22.7 Å². The fraction of sp³-hybridized carbons (Fsp3) is 0.895. The minimum atomic E-state index is -4.11. The summed E-state index contributed by atoms with van der Waals surface area (Å²) < 4.78 is 41.8. The summed E-state index contributed by atoms with van der Waals surface area (Å²) in [5, 5.41) is 5.98. The Hall–Kier alpha value is -1.67. The lowest BCUT2D eigenvalue weighted by Crippen LogP contribution is -2.45. The van der Waals surface area contributed by atoms with Crippen LogP contribution >= 0.6 is 0 Å². The third-order valence-electron chi connectivity index (χ3n) is 4.03. The van der Waals surface area contributed by atoms with Crippen molar-refractivity contribution in [2.24, 2.45) is 10.9 Å². The zero-order chi connectivity index (χ0) is 22.0. The van der Waals surface area contributed by atoms with Gasteiger partial charge in [0.15, 0.2) is 5.96 Å². The van der Waals surface area contributed by atoms with Gasteiger partial charge in [0.05, 0.1) is 0 Å². The molecule has 6 nitrogen and oxygen atoms in total. The molecule has 28 heavy (non-hydrogen) atoms. The first-order valence-corrected chi connectivity index (χ1v) is 9.73. The van der Waals surface area contributed by atoms with Crippen LogP contribution in [0.25, 0.3) is 0 Å². The second-order valence-electron chi connectivity index (χ2n) is 8.25. The van der Waals surface area contributed by atoms with E-state index < -0.39 is 24.3 Å². The third kappa shape index (κ3) is 13.5. The van der Waals surface area contributed by atoms with Gasteiger partial charge in [-0.1, -0.05) is 13.8 Å². The molecule has 0 spiro atoms. The van der Waals surface area contributed by atoms with Gasteiger partial charge in [-0.05, 0) is 46.0 Å².